The van der Waals surface area contributed by atoms with Crippen LogP contribution in [-0.4, -0.2) is 34.4 Å². The molecule has 0 spiro atoms. The number of methoxy groups -OCH3 is 1. The Bertz CT molecular complexity index is 1270. The Balaban J connectivity index is 1.48. The molecule has 162 valence electrons. The van der Waals surface area contributed by atoms with Gasteiger partial charge in [-0.25, -0.2) is 4.68 Å². The maximum atomic E-state index is 12.9. The van der Waals surface area contributed by atoms with Crippen molar-refractivity contribution in [3.05, 3.63) is 94.7 Å². The highest BCUT2D eigenvalue weighted by molar-refractivity contribution is 5.84. The van der Waals surface area contributed by atoms with Gasteiger partial charge in [0.25, 0.3) is 11.5 Å². The third-order valence-corrected chi connectivity index (χ3v) is 4.86. The largest absolute Gasteiger partial charge is 0.497 e. The van der Waals surface area contributed by atoms with E-state index in [1.807, 2.05) is 30.3 Å². The number of nitrogens with one attached hydrogen (secondary N) is 1. The number of hydrogen-bond donors (Lipinski definition) is 1. The number of rotatable bonds is 8. The van der Waals surface area contributed by atoms with Gasteiger partial charge in [-0.05, 0) is 42.5 Å². The number of carbonyl (C=O) groups excluding carboxylic acids is 1. The van der Waals surface area contributed by atoms with Gasteiger partial charge in [-0.2, -0.15) is 5.10 Å². The van der Waals surface area contributed by atoms with Gasteiger partial charge in [0.1, 0.15) is 11.5 Å². The lowest BCUT2D eigenvalue weighted by molar-refractivity contribution is -0.123. The lowest BCUT2D eigenvalue weighted by atomic mass is 10.1. The molecule has 0 fully saturated rings. The van der Waals surface area contributed by atoms with Crippen molar-refractivity contribution in [2.24, 2.45) is 0 Å². The molecule has 0 atom stereocenters. The van der Waals surface area contributed by atoms with Crippen LogP contribution in [0.25, 0.3) is 10.8 Å². The Morgan fingerprint density at radius 3 is 2.41 bits per heavy atom. The van der Waals surface area contributed by atoms with Crippen LogP contribution in [0.15, 0.2) is 77.7 Å². The summed E-state index contributed by atoms with van der Waals surface area (Å²) in [6.45, 7) is 0.262. The molecule has 0 bridgehead atoms. The van der Waals surface area contributed by atoms with Gasteiger partial charge in [0.2, 0.25) is 0 Å². The van der Waals surface area contributed by atoms with E-state index in [1.54, 1.807) is 49.7 Å². The molecule has 1 amide bonds. The first kappa shape index (κ1) is 21.0. The molecule has 4 aromatic rings. The van der Waals surface area contributed by atoms with Crippen LogP contribution >= 0.6 is 0 Å². The van der Waals surface area contributed by atoms with E-state index in [-0.39, 0.29) is 31.2 Å². The van der Waals surface area contributed by atoms with Gasteiger partial charge in [0, 0.05) is 11.6 Å². The molecule has 0 saturated heterocycles. The number of ether oxygens (including phenoxy) is 2. The molecule has 0 aliphatic carbocycles. The predicted molar refractivity (Wildman–Crippen MR) is 120 cm³/mol. The molecule has 0 unspecified atom stereocenters. The Kier molecular flexibility index (Phi) is 6.41. The van der Waals surface area contributed by atoms with Crippen molar-refractivity contribution >= 4 is 16.7 Å². The fraction of sp³-hybridized carbons (Fsp3) is 0.167. The van der Waals surface area contributed by atoms with Crippen LogP contribution in [0.5, 0.6) is 11.5 Å². The monoisotopic (exact) mass is 430 g/mol. The van der Waals surface area contributed by atoms with Crippen molar-refractivity contribution in [2.45, 2.75) is 13.1 Å². The van der Waals surface area contributed by atoms with Crippen molar-refractivity contribution in [1.82, 2.24) is 20.1 Å². The molecule has 4 rings (SSSR count). The summed E-state index contributed by atoms with van der Waals surface area (Å²) in [7, 11) is 1.58. The Morgan fingerprint density at radius 2 is 1.69 bits per heavy atom. The molecule has 8 heteroatoms. The molecule has 32 heavy (non-hydrogen) atoms. The molecule has 0 radical (unpaired) electrons. The van der Waals surface area contributed by atoms with Gasteiger partial charge in [0.05, 0.1) is 37.0 Å². The first-order valence-electron chi connectivity index (χ1n) is 10.1. The third kappa shape index (κ3) is 4.92. The fourth-order valence-electron chi connectivity index (χ4n) is 3.24. The van der Waals surface area contributed by atoms with Crippen LogP contribution in [-0.2, 0) is 17.9 Å². The van der Waals surface area contributed by atoms with Gasteiger partial charge >= 0.3 is 0 Å². The van der Waals surface area contributed by atoms with E-state index in [0.29, 0.717) is 28.0 Å². The topological polar surface area (TPSA) is 95.3 Å². The van der Waals surface area contributed by atoms with Crippen molar-refractivity contribution < 1.29 is 14.3 Å². The molecular weight excluding hydrogens is 408 g/mol. The second kappa shape index (κ2) is 9.74. The lowest BCUT2D eigenvalue weighted by Gasteiger charge is -2.12. The van der Waals surface area contributed by atoms with Crippen molar-refractivity contribution in [1.29, 1.82) is 0 Å². The number of benzene rings is 2. The summed E-state index contributed by atoms with van der Waals surface area (Å²) in [5, 5.41) is 8.55. The maximum Gasteiger partial charge on any atom is 0.275 e. The molecule has 8 nitrogen and oxygen atoms in total. The van der Waals surface area contributed by atoms with Gasteiger partial charge in [-0.15, -0.1) is 0 Å². The van der Waals surface area contributed by atoms with Crippen LogP contribution in [0, 0.1) is 0 Å². The summed E-state index contributed by atoms with van der Waals surface area (Å²) in [6, 6.07) is 19.7. The maximum absolute atomic E-state index is 12.9. The van der Waals surface area contributed by atoms with Gasteiger partial charge < -0.3 is 14.8 Å². The van der Waals surface area contributed by atoms with E-state index in [2.05, 4.69) is 15.4 Å². The van der Waals surface area contributed by atoms with E-state index in [9.17, 15) is 9.59 Å². The third-order valence-electron chi connectivity index (χ3n) is 4.86. The Labute approximate surface area is 184 Å². The normalized spacial score (nSPS) is 10.7. The summed E-state index contributed by atoms with van der Waals surface area (Å²) >= 11 is 0. The number of hydrogen-bond acceptors (Lipinski definition) is 6. The number of aromatic nitrogens is 3. The van der Waals surface area contributed by atoms with Gasteiger partial charge in [-0.3, -0.25) is 14.6 Å². The van der Waals surface area contributed by atoms with Gasteiger partial charge in [0.15, 0.2) is 6.61 Å². The van der Waals surface area contributed by atoms with Crippen LogP contribution in [0.2, 0.25) is 0 Å². The first-order chi connectivity index (χ1) is 15.6. The molecule has 2 aromatic heterocycles. The Hall–Kier alpha value is -4.20. The van der Waals surface area contributed by atoms with E-state index in [0.717, 1.165) is 5.69 Å². The quantitative estimate of drug-likeness (QED) is 0.462. The van der Waals surface area contributed by atoms with Crippen molar-refractivity contribution in [3.8, 4) is 11.5 Å². The van der Waals surface area contributed by atoms with Crippen LogP contribution < -0.4 is 20.3 Å². The highest BCUT2D eigenvalue weighted by Gasteiger charge is 2.12. The summed E-state index contributed by atoms with van der Waals surface area (Å²) in [5.41, 5.74) is 1.11. The van der Waals surface area contributed by atoms with E-state index in [1.165, 1.54) is 4.68 Å². The minimum Gasteiger partial charge on any atom is -0.497 e. The number of pyridine rings is 1. The second-order valence-electron chi connectivity index (χ2n) is 7.02. The zero-order chi connectivity index (χ0) is 22.3. The fourth-order valence-corrected chi connectivity index (χ4v) is 3.24. The zero-order valence-electron chi connectivity index (χ0n) is 17.5. The van der Waals surface area contributed by atoms with Crippen LogP contribution in [0.3, 0.4) is 0 Å². The average Bonchev–Trinajstić information content (AvgIpc) is 2.84. The first-order valence-corrected chi connectivity index (χ1v) is 10.1. The van der Waals surface area contributed by atoms with Crippen LogP contribution in [0.1, 0.15) is 11.4 Å². The molecule has 0 saturated carbocycles. The van der Waals surface area contributed by atoms with Crippen LogP contribution in [0.4, 0.5) is 0 Å². The standard InChI is InChI=1S/C24H22N4O4/c1-31-18-9-11-19(12-10-18)32-16-23(29)26-14-22-20-7-2-3-8-21(20)24(30)28(27-22)15-17-6-4-5-13-25-17/h2-13H,14-16H2,1H3,(H,26,29). The molecule has 0 aliphatic rings. The Morgan fingerprint density at radius 1 is 0.969 bits per heavy atom. The summed E-state index contributed by atoms with van der Waals surface area (Å²) in [5.74, 6) is 0.975. The van der Waals surface area contributed by atoms with Crippen molar-refractivity contribution in [2.75, 3.05) is 13.7 Å². The van der Waals surface area contributed by atoms with E-state index < -0.39 is 0 Å². The SMILES string of the molecule is COc1ccc(OCC(=O)NCc2nn(Cc3ccccn3)c(=O)c3ccccc23)cc1. The van der Waals surface area contributed by atoms with E-state index in [4.69, 9.17) is 9.47 Å². The number of amides is 1. The lowest BCUT2D eigenvalue weighted by Crippen LogP contribution is -2.31. The molecule has 1 N–H and O–H groups in total. The summed E-state index contributed by atoms with van der Waals surface area (Å²) < 4.78 is 12.0. The predicted octanol–water partition coefficient (Wildman–Crippen LogP) is 2.54. The highest BCUT2D eigenvalue weighted by Crippen LogP contribution is 2.17. The molecule has 2 aromatic carbocycles. The minimum atomic E-state index is -0.297. The average molecular weight is 430 g/mol. The zero-order valence-corrected chi connectivity index (χ0v) is 17.5. The number of fused-ring (bicyclic) bond motifs is 1. The highest BCUT2D eigenvalue weighted by atomic mass is 16.5. The number of carbonyl (C=O) groups is 1. The van der Waals surface area contributed by atoms with E-state index >= 15 is 0 Å². The number of nitrogens with zero attached hydrogens (tertiary/aromatic N) is 3. The smallest absolute Gasteiger partial charge is 0.275 e. The van der Waals surface area contributed by atoms with Crippen molar-refractivity contribution in [3.63, 3.8) is 0 Å². The molecule has 2 heterocycles. The second-order valence-corrected chi connectivity index (χ2v) is 7.02. The molecular formula is C24H22N4O4. The van der Waals surface area contributed by atoms with Gasteiger partial charge in [-0.1, -0.05) is 24.3 Å². The minimum absolute atomic E-state index is 0.141. The molecule has 0 aliphatic heterocycles. The summed E-state index contributed by atoms with van der Waals surface area (Å²) in [4.78, 5) is 29.5. The summed E-state index contributed by atoms with van der Waals surface area (Å²) in [6.07, 6.45) is 1.67.